The summed E-state index contributed by atoms with van der Waals surface area (Å²) in [6, 6.07) is 8.74. The fraction of sp³-hybridized carbons (Fsp3) is 0.480. The zero-order valence-corrected chi connectivity index (χ0v) is 22.1. The van der Waals surface area contributed by atoms with Crippen molar-refractivity contribution in [2.75, 3.05) is 19.8 Å². The molecule has 0 saturated heterocycles. The van der Waals surface area contributed by atoms with Crippen molar-refractivity contribution in [3.8, 4) is 17.2 Å². The Morgan fingerprint density at radius 2 is 1.24 bits per heavy atom. The molecule has 0 spiro atoms. The quantitative estimate of drug-likeness (QED) is 0.240. The molecule has 2 rings (SSSR count). The van der Waals surface area contributed by atoms with E-state index in [-0.39, 0.29) is 33.0 Å². The summed E-state index contributed by atoms with van der Waals surface area (Å²) in [5.41, 5.74) is 0.152. The van der Waals surface area contributed by atoms with Gasteiger partial charge in [-0.15, -0.1) is 0 Å². The third kappa shape index (κ3) is 9.71. The molecule has 0 saturated carbocycles. The molecule has 0 amide bonds. The second-order valence-electron chi connectivity index (χ2n) is 8.96. The molecule has 1 unspecified atom stereocenters. The predicted molar refractivity (Wildman–Crippen MR) is 143 cm³/mol. The Hall–Kier alpha value is -0.883. The molecular weight excluding hydrogens is 473 g/mol. The third-order valence-corrected chi connectivity index (χ3v) is 6.05. The summed E-state index contributed by atoms with van der Waals surface area (Å²) in [4.78, 5) is 13.2. The van der Waals surface area contributed by atoms with Gasteiger partial charge >= 0.3 is 18.9 Å². The molecule has 0 radical (unpaired) electrons. The van der Waals surface area contributed by atoms with Gasteiger partial charge in [-0.2, -0.15) is 0 Å². The zero-order valence-electron chi connectivity index (χ0n) is 19.6. The maximum absolute atomic E-state index is 13.2. The Morgan fingerprint density at radius 3 is 1.67 bits per heavy atom. The molecule has 0 heterocycles. The number of hydrogen-bond acceptors (Lipinski definition) is 4. The van der Waals surface area contributed by atoms with Crippen molar-refractivity contribution in [3.63, 3.8) is 0 Å². The number of ether oxygens (including phenoxy) is 3. The number of carbonyl (C=O) groups excluding carboxylic acids is 1. The van der Waals surface area contributed by atoms with Gasteiger partial charge in [-0.3, -0.25) is 4.79 Å². The summed E-state index contributed by atoms with van der Waals surface area (Å²) in [6.07, 6.45) is 0. The number of carbonyl (C=O) groups is 1. The van der Waals surface area contributed by atoms with Crippen LogP contribution in [0, 0.1) is 17.8 Å². The molecule has 33 heavy (non-hydrogen) atoms. The van der Waals surface area contributed by atoms with Crippen LogP contribution in [0.4, 0.5) is 0 Å². The first-order chi connectivity index (χ1) is 15.1. The Balaban J connectivity index is 0.00000544. The van der Waals surface area contributed by atoms with Crippen molar-refractivity contribution in [3.05, 3.63) is 45.9 Å². The van der Waals surface area contributed by atoms with Crippen molar-refractivity contribution in [1.82, 2.24) is 0 Å². The molecule has 0 aromatic heterocycles. The first-order valence-electron chi connectivity index (χ1n) is 10.9. The van der Waals surface area contributed by atoms with Gasteiger partial charge in [-0.05, 0) is 38.5 Å². The summed E-state index contributed by atoms with van der Waals surface area (Å²) < 4.78 is 18.2. The topological polar surface area (TPSA) is 44.8 Å². The van der Waals surface area contributed by atoms with Crippen LogP contribution in [-0.4, -0.2) is 44.2 Å². The van der Waals surface area contributed by atoms with E-state index in [4.69, 9.17) is 37.4 Å². The van der Waals surface area contributed by atoms with E-state index < -0.39 is 0 Å². The maximum atomic E-state index is 13.2. The van der Waals surface area contributed by atoms with E-state index in [1.807, 2.05) is 12.1 Å². The zero-order chi connectivity index (χ0) is 23.8. The minimum atomic E-state index is -0.267. The molecule has 0 N–H and O–H groups in total. The summed E-state index contributed by atoms with van der Waals surface area (Å²) in [7, 11) is -0.267. The SMILES string of the molecule is CC(C)COc1cc(OCC(C)C)c(PC(=O)c2c(Cl)cccc2Cl)c(OCC(C)C)c1.[LiH]. The predicted octanol–water partition coefficient (Wildman–Crippen LogP) is 6.59. The van der Waals surface area contributed by atoms with E-state index in [1.54, 1.807) is 18.2 Å². The second-order valence-corrected chi connectivity index (χ2v) is 11.0. The minimum absolute atomic E-state index is 0. The number of halogens is 2. The monoisotopic (exact) mass is 506 g/mol. The van der Waals surface area contributed by atoms with Gasteiger partial charge in [0.2, 0.25) is 0 Å². The van der Waals surface area contributed by atoms with E-state index in [0.717, 1.165) is 0 Å². The number of rotatable bonds is 12. The average molecular weight is 507 g/mol. The Kier molecular flexibility index (Phi) is 13.2. The molecule has 2 aromatic rings. The van der Waals surface area contributed by atoms with Gasteiger partial charge in [0.25, 0.3) is 0 Å². The van der Waals surface area contributed by atoms with Crippen molar-refractivity contribution in [1.29, 1.82) is 0 Å². The fourth-order valence-corrected chi connectivity index (χ4v) is 4.55. The summed E-state index contributed by atoms with van der Waals surface area (Å²) in [5, 5.41) is 1.37. The van der Waals surface area contributed by atoms with Gasteiger partial charge in [0.1, 0.15) is 17.2 Å². The van der Waals surface area contributed by atoms with Crippen LogP contribution >= 0.6 is 31.8 Å². The average Bonchev–Trinajstić information content (AvgIpc) is 2.70. The van der Waals surface area contributed by atoms with E-state index in [2.05, 4.69) is 41.5 Å². The van der Waals surface area contributed by atoms with Gasteiger partial charge < -0.3 is 14.2 Å². The van der Waals surface area contributed by atoms with Crippen LogP contribution in [0.15, 0.2) is 30.3 Å². The van der Waals surface area contributed by atoms with Crippen LogP contribution in [0.25, 0.3) is 0 Å². The molecule has 0 aliphatic rings. The number of hydrogen-bond donors (Lipinski definition) is 0. The molecule has 178 valence electrons. The molecule has 0 aliphatic carbocycles. The molecule has 0 fully saturated rings. The van der Waals surface area contributed by atoms with Crippen molar-refractivity contribution in [2.45, 2.75) is 41.5 Å². The van der Waals surface area contributed by atoms with Gasteiger partial charge in [0.05, 0.1) is 40.7 Å². The first kappa shape index (κ1) is 30.1. The summed E-state index contributed by atoms with van der Waals surface area (Å²) in [6.45, 7) is 14.1. The molecule has 0 bridgehead atoms. The van der Waals surface area contributed by atoms with Crippen LogP contribution in [0.2, 0.25) is 10.0 Å². The third-order valence-electron chi connectivity index (χ3n) is 4.20. The normalized spacial score (nSPS) is 11.4. The Labute approximate surface area is 222 Å². The Morgan fingerprint density at radius 1 is 0.818 bits per heavy atom. The standard InChI is InChI=1S/C25H33Cl2O4P.Li.H/c1-15(2)12-29-18-10-21(30-13-16(3)4)24(22(11-18)31-14-17(5)6)32-25(28)23-19(26)8-7-9-20(23)27;;/h7-11,15-17,32H,12-14H2,1-6H3;;. The fourth-order valence-electron chi connectivity index (χ4n) is 2.67. The van der Waals surface area contributed by atoms with Crippen LogP contribution in [-0.2, 0) is 0 Å². The van der Waals surface area contributed by atoms with Gasteiger partial charge in [-0.1, -0.05) is 70.8 Å². The van der Waals surface area contributed by atoms with E-state index in [1.165, 1.54) is 0 Å². The Bertz CT molecular complexity index is 866. The molecule has 2 aromatic carbocycles. The molecule has 8 heteroatoms. The summed E-state index contributed by atoms with van der Waals surface area (Å²) >= 11 is 12.6. The molecule has 1 atom stereocenters. The van der Waals surface area contributed by atoms with Gasteiger partial charge in [0.15, 0.2) is 5.52 Å². The van der Waals surface area contributed by atoms with Crippen LogP contribution in [0.5, 0.6) is 17.2 Å². The van der Waals surface area contributed by atoms with Gasteiger partial charge in [0, 0.05) is 12.1 Å². The molecular formula is C25H34Cl2LiO4P. The summed E-state index contributed by atoms with van der Waals surface area (Å²) in [5.74, 6) is 2.86. The van der Waals surface area contributed by atoms with Gasteiger partial charge in [-0.25, -0.2) is 0 Å². The van der Waals surface area contributed by atoms with E-state index >= 15 is 0 Å². The van der Waals surface area contributed by atoms with E-state index in [0.29, 0.717) is 75.7 Å². The molecule has 4 nitrogen and oxygen atoms in total. The van der Waals surface area contributed by atoms with Crippen LogP contribution in [0.3, 0.4) is 0 Å². The van der Waals surface area contributed by atoms with Crippen LogP contribution in [0.1, 0.15) is 51.9 Å². The number of benzene rings is 2. The van der Waals surface area contributed by atoms with Crippen molar-refractivity contribution >= 4 is 61.5 Å². The second kappa shape index (κ2) is 14.5. The molecule has 0 aliphatic heterocycles. The van der Waals surface area contributed by atoms with E-state index in [9.17, 15) is 4.79 Å². The van der Waals surface area contributed by atoms with Crippen LogP contribution < -0.4 is 19.5 Å². The van der Waals surface area contributed by atoms with Crippen molar-refractivity contribution in [2.24, 2.45) is 17.8 Å². The first-order valence-corrected chi connectivity index (χ1v) is 12.7. The van der Waals surface area contributed by atoms with Crippen molar-refractivity contribution < 1.29 is 19.0 Å².